The van der Waals surface area contributed by atoms with Crippen molar-refractivity contribution in [2.75, 3.05) is 0 Å². The summed E-state index contributed by atoms with van der Waals surface area (Å²) in [5.41, 5.74) is 1.08. The third-order valence-corrected chi connectivity index (χ3v) is 3.54. The Bertz CT molecular complexity index is 994. The molecule has 0 atom stereocenters. The van der Waals surface area contributed by atoms with Crippen molar-refractivity contribution >= 4 is 21.9 Å². The number of hydrogen-bond acceptors (Lipinski definition) is 3. The zero-order chi connectivity index (χ0) is 14.4. The Morgan fingerprint density at radius 1 is 1.00 bits per heavy atom. The first-order valence-corrected chi connectivity index (χ1v) is 6.56. The molecule has 0 aliphatic rings. The molecule has 102 valence electrons. The fourth-order valence-corrected chi connectivity index (χ4v) is 2.53. The number of hydrogen-bond donors (Lipinski definition) is 1. The smallest absolute Gasteiger partial charge is 0.230 e. The van der Waals surface area contributed by atoms with E-state index in [1.165, 1.54) is 6.20 Å². The number of fused-ring (bicyclic) bond motifs is 2. The maximum absolute atomic E-state index is 12.0. The molecule has 4 rings (SSSR count). The lowest BCUT2D eigenvalue weighted by atomic mass is 10.2. The van der Waals surface area contributed by atoms with Crippen molar-refractivity contribution in [1.82, 2.24) is 4.57 Å². The average molecular weight is 277 g/mol. The molecule has 2 aromatic heterocycles. The highest BCUT2D eigenvalue weighted by Crippen LogP contribution is 2.25. The summed E-state index contributed by atoms with van der Waals surface area (Å²) in [6.45, 7) is 0. The number of aromatic hydroxyl groups is 1. The van der Waals surface area contributed by atoms with E-state index in [1.807, 2.05) is 42.5 Å². The molecule has 4 heteroatoms. The van der Waals surface area contributed by atoms with Crippen LogP contribution in [0.4, 0.5) is 0 Å². The second kappa shape index (κ2) is 4.24. The van der Waals surface area contributed by atoms with Gasteiger partial charge in [0.2, 0.25) is 11.3 Å². The lowest BCUT2D eigenvalue weighted by Crippen LogP contribution is -2.07. The summed E-state index contributed by atoms with van der Waals surface area (Å²) in [4.78, 5) is 12.0. The summed E-state index contributed by atoms with van der Waals surface area (Å²) in [6.07, 6.45) is 1.39. The van der Waals surface area contributed by atoms with E-state index < -0.39 is 0 Å². The van der Waals surface area contributed by atoms with E-state index in [4.69, 9.17) is 4.42 Å². The number of aromatic nitrogens is 1. The number of furan rings is 1. The Morgan fingerprint density at radius 3 is 2.62 bits per heavy atom. The molecule has 21 heavy (non-hydrogen) atoms. The summed E-state index contributed by atoms with van der Waals surface area (Å²) in [6, 6.07) is 16.7. The van der Waals surface area contributed by atoms with Crippen molar-refractivity contribution in [3.8, 4) is 11.6 Å². The number of para-hydroxylation sites is 2. The van der Waals surface area contributed by atoms with Crippen molar-refractivity contribution in [3.63, 3.8) is 0 Å². The Kier molecular flexibility index (Phi) is 2.38. The number of benzene rings is 2. The standard InChI is InChI=1S/C17H11NO3/c19-14-10-18(13-7-3-2-6-12(13)17(14)20)16-9-11-5-1-4-8-15(11)21-16/h1-10,19H. The first-order valence-electron chi connectivity index (χ1n) is 6.56. The SMILES string of the molecule is O=c1c(O)cn(-c2cc3ccccc3o2)c2ccccc12. The molecule has 0 bridgehead atoms. The van der Waals surface area contributed by atoms with Crippen LogP contribution >= 0.6 is 0 Å². The van der Waals surface area contributed by atoms with E-state index in [9.17, 15) is 9.90 Å². The highest BCUT2D eigenvalue weighted by atomic mass is 16.4. The summed E-state index contributed by atoms with van der Waals surface area (Å²) >= 11 is 0. The van der Waals surface area contributed by atoms with Crippen molar-refractivity contribution in [2.45, 2.75) is 0 Å². The van der Waals surface area contributed by atoms with E-state index >= 15 is 0 Å². The van der Waals surface area contributed by atoms with Gasteiger partial charge in [0.05, 0.1) is 17.1 Å². The van der Waals surface area contributed by atoms with Crippen LogP contribution in [0.2, 0.25) is 0 Å². The Balaban J connectivity index is 2.10. The van der Waals surface area contributed by atoms with Gasteiger partial charge in [-0.1, -0.05) is 30.3 Å². The van der Waals surface area contributed by atoms with Gasteiger partial charge in [-0.05, 0) is 18.2 Å². The zero-order valence-corrected chi connectivity index (χ0v) is 11.0. The molecule has 0 unspecified atom stereocenters. The summed E-state index contributed by atoms with van der Waals surface area (Å²) in [5.74, 6) is 0.261. The normalized spacial score (nSPS) is 11.2. The number of pyridine rings is 1. The fourth-order valence-electron chi connectivity index (χ4n) is 2.53. The predicted molar refractivity (Wildman–Crippen MR) is 81.0 cm³/mol. The molecule has 2 heterocycles. The summed E-state index contributed by atoms with van der Waals surface area (Å²) < 4.78 is 7.49. The molecule has 0 spiro atoms. The van der Waals surface area contributed by atoms with Gasteiger partial charge in [0, 0.05) is 11.5 Å². The third kappa shape index (κ3) is 1.73. The minimum Gasteiger partial charge on any atom is -0.503 e. The van der Waals surface area contributed by atoms with Crippen molar-refractivity contribution in [3.05, 3.63) is 71.0 Å². The van der Waals surface area contributed by atoms with E-state index in [0.29, 0.717) is 16.8 Å². The van der Waals surface area contributed by atoms with Gasteiger partial charge in [-0.15, -0.1) is 0 Å². The maximum Gasteiger partial charge on any atom is 0.230 e. The van der Waals surface area contributed by atoms with Crippen LogP contribution in [0.1, 0.15) is 0 Å². The first-order chi connectivity index (χ1) is 10.2. The van der Waals surface area contributed by atoms with Gasteiger partial charge in [-0.25, -0.2) is 0 Å². The van der Waals surface area contributed by atoms with E-state index in [0.717, 1.165) is 11.0 Å². The minimum absolute atomic E-state index is 0.297. The first kappa shape index (κ1) is 11.8. The van der Waals surface area contributed by atoms with E-state index in [2.05, 4.69) is 0 Å². The number of nitrogens with zero attached hydrogens (tertiary/aromatic N) is 1. The van der Waals surface area contributed by atoms with Crippen LogP contribution in [0.3, 0.4) is 0 Å². The molecule has 0 radical (unpaired) electrons. The number of rotatable bonds is 1. The highest BCUT2D eigenvalue weighted by Gasteiger charge is 2.12. The van der Waals surface area contributed by atoms with Gasteiger partial charge in [0.15, 0.2) is 5.75 Å². The van der Waals surface area contributed by atoms with Gasteiger partial charge >= 0.3 is 0 Å². The third-order valence-electron chi connectivity index (χ3n) is 3.54. The van der Waals surface area contributed by atoms with Crippen molar-refractivity contribution in [2.24, 2.45) is 0 Å². The molecule has 4 aromatic rings. The maximum atomic E-state index is 12.0. The molecule has 0 amide bonds. The van der Waals surface area contributed by atoms with Crippen LogP contribution in [0.15, 0.2) is 70.0 Å². The Morgan fingerprint density at radius 2 is 1.76 bits per heavy atom. The lowest BCUT2D eigenvalue weighted by molar-refractivity contribution is 0.464. The highest BCUT2D eigenvalue weighted by molar-refractivity contribution is 5.84. The van der Waals surface area contributed by atoms with E-state index in [-0.39, 0.29) is 11.2 Å². The van der Waals surface area contributed by atoms with Crippen LogP contribution in [-0.2, 0) is 0 Å². The van der Waals surface area contributed by atoms with Gasteiger partial charge in [-0.3, -0.25) is 9.36 Å². The Hall–Kier alpha value is -3.01. The van der Waals surface area contributed by atoms with Crippen molar-refractivity contribution in [1.29, 1.82) is 0 Å². The van der Waals surface area contributed by atoms with Crippen LogP contribution < -0.4 is 5.43 Å². The van der Waals surface area contributed by atoms with Gasteiger partial charge in [0.25, 0.3) is 0 Å². The van der Waals surface area contributed by atoms with Crippen LogP contribution in [0.25, 0.3) is 27.8 Å². The molecular formula is C17H11NO3. The molecular weight excluding hydrogens is 266 g/mol. The topological polar surface area (TPSA) is 55.4 Å². The quantitative estimate of drug-likeness (QED) is 0.580. The molecule has 0 saturated heterocycles. The molecule has 0 saturated carbocycles. The molecule has 0 aliphatic heterocycles. The molecule has 0 fully saturated rings. The van der Waals surface area contributed by atoms with Gasteiger partial charge in [-0.2, -0.15) is 0 Å². The van der Waals surface area contributed by atoms with Crippen LogP contribution in [-0.4, -0.2) is 9.67 Å². The largest absolute Gasteiger partial charge is 0.503 e. The molecule has 4 nitrogen and oxygen atoms in total. The Labute approximate surface area is 119 Å². The zero-order valence-electron chi connectivity index (χ0n) is 11.0. The predicted octanol–water partition coefficient (Wildman–Crippen LogP) is 3.44. The second-order valence-electron chi connectivity index (χ2n) is 4.85. The van der Waals surface area contributed by atoms with Gasteiger partial charge < -0.3 is 9.52 Å². The molecule has 0 aliphatic carbocycles. The fraction of sp³-hybridized carbons (Fsp3) is 0. The van der Waals surface area contributed by atoms with Crippen LogP contribution in [0, 0.1) is 0 Å². The minimum atomic E-state index is -0.377. The summed E-state index contributed by atoms with van der Waals surface area (Å²) in [5, 5.41) is 11.3. The molecule has 2 aromatic carbocycles. The lowest BCUT2D eigenvalue weighted by Gasteiger charge is -2.08. The average Bonchev–Trinajstić information content (AvgIpc) is 2.94. The monoisotopic (exact) mass is 277 g/mol. The second-order valence-corrected chi connectivity index (χ2v) is 4.85. The molecule has 1 N–H and O–H groups in total. The van der Waals surface area contributed by atoms with Crippen molar-refractivity contribution < 1.29 is 9.52 Å². The van der Waals surface area contributed by atoms with Gasteiger partial charge in [0.1, 0.15) is 5.58 Å². The van der Waals surface area contributed by atoms with E-state index in [1.54, 1.807) is 16.7 Å². The summed E-state index contributed by atoms with van der Waals surface area (Å²) in [7, 11) is 0. The van der Waals surface area contributed by atoms with Crippen LogP contribution in [0.5, 0.6) is 5.75 Å².